The van der Waals surface area contributed by atoms with Gasteiger partial charge in [0.15, 0.2) is 0 Å². The van der Waals surface area contributed by atoms with Crippen LogP contribution < -0.4 is 10.6 Å². The Hall–Kier alpha value is -2.04. The Kier molecular flexibility index (Phi) is 7.95. The Morgan fingerprint density at radius 1 is 1.42 bits per heavy atom. The number of anilines is 1. The lowest BCUT2D eigenvalue weighted by atomic mass is 10.1. The van der Waals surface area contributed by atoms with Crippen molar-refractivity contribution in [1.29, 1.82) is 5.26 Å². The molecule has 0 spiro atoms. The average Bonchev–Trinajstić information content (AvgIpc) is 2.56. The van der Waals surface area contributed by atoms with Crippen molar-refractivity contribution in [3.8, 4) is 6.07 Å². The second kappa shape index (κ2) is 10.2. The molecular formula is C19H26N4O2S. The van der Waals surface area contributed by atoms with Crippen LogP contribution in [0.25, 0.3) is 0 Å². The lowest BCUT2D eigenvalue weighted by Crippen LogP contribution is -2.49. The molecule has 1 aliphatic heterocycles. The monoisotopic (exact) mass is 374 g/mol. The molecule has 2 N–H and O–H groups in total. The molecule has 7 heteroatoms. The minimum atomic E-state index is -0.0607. The van der Waals surface area contributed by atoms with Crippen molar-refractivity contribution in [2.75, 3.05) is 25.0 Å². The number of thioether (sulfide) groups is 1. The number of hydrogen-bond donors (Lipinski definition) is 2. The molecule has 0 radical (unpaired) electrons. The van der Waals surface area contributed by atoms with Crippen LogP contribution in [0.5, 0.6) is 0 Å². The summed E-state index contributed by atoms with van der Waals surface area (Å²) in [5.74, 6) is -0.0896. The van der Waals surface area contributed by atoms with Gasteiger partial charge in [-0.3, -0.25) is 14.5 Å². The van der Waals surface area contributed by atoms with E-state index < -0.39 is 0 Å². The summed E-state index contributed by atoms with van der Waals surface area (Å²) in [6.07, 6.45) is 2.38. The number of carbonyl (C=O) groups excluding carboxylic acids is 2. The van der Waals surface area contributed by atoms with E-state index in [0.29, 0.717) is 19.5 Å². The van der Waals surface area contributed by atoms with Crippen molar-refractivity contribution < 1.29 is 9.59 Å². The van der Waals surface area contributed by atoms with Crippen LogP contribution in [0.3, 0.4) is 0 Å². The maximum Gasteiger partial charge on any atom is 0.238 e. The van der Waals surface area contributed by atoms with Crippen LogP contribution in [0.15, 0.2) is 29.2 Å². The first kappa shape index (κ1) is 20.3. The molecule has 0 aliphatic carbocycles. The normalized spacial score (nSPS) is 18.6. The molecule has 6 nitrogen and oxygen atoms in total. The highest BCUT2D eigenvalue weighted by Gasteiger charge is 2.22. The Morgan fingerprint density at radius 2 is 2.19 bits per heavy atom. The number of amides is 2. The molecule has 140 valence electrons. The fourth-order valence-corrected chi connectivity index (χ4v) is 4.05. The Bertz CT molecular complexity index is 674. The van der Waals surface area contributed by atoms with Gasteiger partial charge in [-0.05, 0) is 31.5 Å². The molecule has 2 amide bonds. The van der Waals surface area contributed by atoms with E-state index in [0.717, 1.165) is 30.0 Å². The SMILES string of the molecule is CC(=O)NC1CCCN(CC(=O)Nc2ccccc2SC(C)CC#N)C1. The number of nitrogens with one attached hydrogen (secondary N) is 2. The standard InChI is InChI=1S/C19H26N4O2S/c1-14(9-10-20)26-18-8-4-3-7-17(18)22-19(25)13-23-11-5-6-16(12-23)21-15(2)24/h3-4,7-8,14,16H,5-6,9,11-13H2,1-2H3,(H,21,24)(H,22,25). The van der Waals surface area contributed by atoms with Crippen molar-refractivity contribution in [2.24, 2.45) is 0 Å². The Labute approximate surface area is 159 Å². The number of nitrogens with zero attached hydrogens (tertiary/aromatic N) is 2. The molecule has 1 saturated heterocycles. The van der Waals surface area contributed by atoms with Crippen LogP contribution >= 0.6 is 11.8 Å². The van der Waals surface area contributed by atoms with Gasteiger partial charge in [0.2, 0.25) is 11.8 Å². The van der Waals surface area contributed by atoms with Crippen LogP contribution in [0.4, 0.5) is 5.69 Å². The van der Waals surface area contributed by atoms with Crippen molar-refractivity contribution in [3.05, 3.63) is 24.3 Å². The average molecular weight is 375 g/mol. The maximum absolute atomic E-state index is 12.5. The first-order valence-electron chi connectivity index (χ1n) is 8.90. The summed E-state index contributed by atoms with van der Waals surface area (Å²) in [6, 6.07) is 9.96. The third-order valence-corrected chi connectivity index (χ3v) is 5.33. The smallest absolute Gasteiger partial charge is 0.238 e. The second-order valence-corrected chi connectivity index (χ2v) is 8.09. The van der Waals surface area contributed by atoms with Gasteiger partial charge in [0.1, 0.15) is 0 Å². The molecular weight excluding hydrogens is 348 g/mol. The molecule has 0 bridgehead atoms. The van der Waals surface area contributed by atoms with Crippen LogP contribution in [0, 0.1) is 11.3 Å². The lowest BCUT2D eigenvalue weighted by Gasteiger charge is -2.32. The largest absolute Gasteiger partial charge is 0.352 e. The molecule has 1 fully saturated rings. The summed E-state index contributed by atoms with van der Waals surface area (Å²) in [7, 11) is 0. The molecule has 2 rings (SSSR count). The van der Waals surface area contributed by atoms with E-state index in [4.69, 9.17) is 5.26 Å². The van der Waals surface area contributed by atoms with Crippen molar-refractivity contribution in [1.82, 2.24) is 10.2 Å². The van der Waals surface area contributed by atoms with Crippen LogP contribution in [0.1, 0.15) is 33.1 Å². The third kappa shape index (κ3) is 6.70. The van der Waals surface area contributed by atoms with Crippen LogP contribution in [-0.4, -0.2) is 47.6 Å². The molecule has 1 aromatic rings. The van der Waals surface area contributed by atoms with Crippen molar-refractivity contribution in [3.63, 3.8) is 0 Å². The zero-order chi connectivity index (χ0) is 18.9. The topological polar surface area (TPSA) is 85.2 Å². The molecule has 2 unspecified atom stereocenters. The number of hydrogen-bond acceptors (Lipinski definition) is 5. The van der Waals surface area contributed by atoms with E-state index in [1.807, 2.05) is 31.2 Å². The molecule has 26 heavy (non-hydrogen) atoms. The summed E-state index contributed by atoms with van der Waals surface area (Å²) >= 11 is 1.59. The van der Waals surface area contributed by atoms with Gasteiger partial charge in [0.05, 0.1) is 18.3 Å². The van der Waals surface area contributed by atoms with E-state index in [1.54, 1.807) is 11.8 Å². The highest BCUT2D eigenvalue weighted by atomic mass is 32.2. The first-order valence-corrected chi connectivity index (χ1v) is 9.78. The Morgan fingerprint density at radius 3 is 2.92 bits per heavy atom. The molecule has 1 aromatic carbocycles. The summed E-state index contributed by atoms with van der Waals surface area (Å²) in [6.45, 7) is 5.39. The minimum absolute atomic E-state index is 0.0289. The number of carbonyl (C=O) groups is 2. The van der Waals surface area contributed by atoms with Gasteiger partial charge in [-0.15, -0.1) is 11.8 Å². The van der Waals surface area contributed by atoms with Gasteiger partial charge in [0.25, 0.3) is 0 Å². The van der Waals surface area contributed by atoms with Crippen LogP contribution in [-0.2, 0) is 9.59 Å². The van der Waals surface area contributed by atoms with E-state index in [-0.39, 0.29) is 23.1 Å². The Balaban J connectivity index is 1.91. The van der Waals surface area contributed by atoms with E-state index in [2.05, 4.69) is 21.6 Å². The number of benzene rings is 1. The number of likely N-dealkylation sites (tertiary alicyclic amines) is 1. The fraction of sp³-hybridized carbons (Fsp3) is 0.526. The van der Waals surface area contributed by atoms with Gasteiger partial charge in [-0.2, -0.15) is 5.26 Å². The van der Waals surface area contributed by atoms with E-state index >= 15 is 0 Å². The summed E-state index contributed by atoms with van der Waals surface area (Å²) in [5.41, 5.74) is 0.780. The molecule has 0 aromatic heterocycles. The van der Waals surface area contributed by atoms with E-state index in [1.165, 1.54) is 6.92 Å². The third-order valence-electron chi connectivity index (χ3n) is 4.15. The summed E-state index contributed by atoms with van der Waals surface area (Å²) < 4.78 is 0. The van der Waals surface area contributed by atoms with E-state index in [9.17, 15) is 9.59 Å². The maximum atomic E-state index is 12.5. The molecule has 1 aliphatic rings. The number of rotatable bonds is 7. The first-order chi connectivity index (χ1) is 12.5. The quantitative estimate of drug-likeness (QED) is 0.717. The highest BCUT2D eigenvalue weighted by Crippen LogP contribution is 2.31. The van der Waals surface area contributed by atoms with Crippen molar-refractivity contribution in [2.45, 2.75) is 49.3 Å². The van der Waals surface area contributed by atoms with Crippen LogP contribution in [0.2, 0.25) is 0 Å². The van der Waals surface area contributed by atoms with Gasteiger partial charge in [0, 0.05) is 36.1 Å². The number of nitriles is 1. The molecule has 1 heterocycles. The second-order valence-electron chi connectivity index (χ2n) is 6.61. The van der Waals surface area contributed by atoms with Gasteiger partial charge in [-0.1, -0.05) is 19.1 Å². The van der Waals surface area contributed by atoms with Gasteiger partial charge >= 0.3 is 0 Å². The minimum Gasteiger partial charge on any atom is -0.352 e. The number of para-hydroxylation sites is 1. The zero-order valence-electron chi connectivity index (χ0n) is 15.3. The van der Waals surface area contributed by atoms with Gasteiger partial charge < -0.3 is 10.6 Å². The fourth-order valence-electron chi connectivity index (χ4n) is 3.06. The predicted octanol–water partition coefficient (Wildman–Crippen LogP) is 2.62. The highest BCUT2D eigenvalue weighted by molar-refractivity contribution is 8.00. The summed E-state index contributed by atoms with van der Waals surface area (Å²) in [4.78, 5) is 26.7. The van der Waals surface area contributed by atoms with Crippen molar-refractivity contribution >= 4 is 29.3 Å². The lowest BCUT2D eigenvalue weighted by molar-refractivity contribution is -0.120. The van der Waals surface area contributed by atoms with Gasteiger partial charge in [-0.25, -0.2) is 0 Å². The number of piperidine rings is 1. The summed E-state index contributed by atoms with van der Waals surface area (Å²) in [5, 5.41) is 14.9. The predicted molar refractivity (Wildman–Crippen MR) is 104 cm³/mol. The molecule has 0 saturated carbocycles. The zero-order valence-corrected chi connectivity index (χ0v) is 16.1. The molecule has 2 atom stereocenters.